The lowest BCUT2D eigenvalue weighted by atomic mass is 10.2. The van der Waals surface area contributed by atoms with E-state index in [0.717, 1.165) is 0 Å². The van der Waals surface area contributed by atoms with Crippen molar-refractivity contribution < 1.29 is 14.9 Å². The molecule has 1 aliphatic heterocycles. The van der Waals surface area contributed by atoms with Gasteiger partial charge in [-0.2, -0.15) is 5.10 Å². The number of rotatable bonds is 6. The Morgan fingerprint density at radius 2 is 1.74 bits per heavy atom. The molecule has 1 heterocycles. The maximum Gasteiger partial charge on any atom is 0.236 e. The number of para-hydroxylation sites is 1. The van der Waals surface area contributed by atoms with Crippen LogP contribution >= 0.6 is 0 Å². The summed E-state index contributed by atoms with van der Waals surface area (Å²) in [4.78, 5) is 4.42. The van der Waals surface area contributed by atoms with Crippen molar-refractivity contribution in [3.05, 3.63) is 54.6 Å². The number of amidine groups is 1. The fraction of sp³-hybridized carbons (Fsp3) is 0.167. The van der Waals surface area contributed by atoms with E-state index < -0.39 is 12.5 Å². The first-order chi connectivity index (χ1) is 12.9. The Balaban J connectivity index is 1.84. The highest BCUT2D eigenvalue weighted by Gasteiger charge is 2.29. The van der Waals surface area contributed by atoms with Gasteiger partial charge >= 0.3 is 0 Å². The largest absolute Gasteiger partial charge is 0.458 e. The van der Waals surface area contributed by atoms with Crippen LogP contribution in [0.4, 0.5) is 11.4 Å². The number of aliphatic imine (C=N–C) groups is 1. The van der Waals surface area contributed by atoms with Crippen LogP contribution in [0.15, 0.2) is 64.7 Å². The van der Waals surface area contributed by atoms with Gasteiger partial charge in [0.25, 0.3) is 0 Å². The molecule has 9 nitrogen and oxygen atoms in total. The molecule has 0 bridgehead atoms. The summed E-state index contributed by atoms with van der Waals surface area (Å²) in [6.07, 6.45) is 0. The van der Waals surface area contributed by atoms with Crippen molar-refractivity contribution in [3.63, 3.8) is 0 Å². The van der Waals surface area contributed by atoms with E-state index in [-0.39, 0.29) is 18.2 Å². The Morgan fingerprint density at radius 3 is 2.33 bits per heavy atom. The number of hydrogen-bond donors (Lipinski definition) is 5. The minimum atomic E-state index is -1.67. The SMILES string of the molecule is N=C1C(=Nc2ccc(OC(N)(N)CO)cc2)C(CO)=NN1c1ccccc1. The summed E-state index contributed by atoms with van der Waals surface area (Å²) < 4.78 is 5.26. The number of aliphatic hydroxyl groups is 2. The number of nitrogens with one attached hydrogen (secondary N) is 1. The average Bonchev–Trinajstić information content (AvgIpc) is 2.99. The van der Waals surface area contributed by atoms with E-state index in [1.54, 1.807) is 24.3 Å². The van der Waals surface area contributed by atoms with E-state index >= 15 is 0 Å². The molecule has 2 aromatic carbocycles. The zero-order chi connectivity index (χ0) is 19.4. The fourth-order valence-corrected chi connectivity index (χ4v) is 2.40. The topological polar surface area (TPSA) is 154 Å². The molecule has 0 amide bonds. The Hall–Kier alpha value is -3.11. The van der Waals surface area contributed by atoms with Crippen molar-refractivity contribution in [1.82, 2.24) is 0 Å². The zero-order valence-corrected chi connectivity index (χ0v) is 14.4. The Kier molecular flexibility index (Phi) is 5.28. The second-order valence-corrected chi connectivity index (χ2v) is 5.87. The summed E-state index contributed by atoms with van der Waals surface area (Å²) >= 11 is 0. The summed E-state index contributed by atoms with van der Waals surface area (Å²) in [5.74, 6) is -1.25. The third-order valence-corrected chi connectivity index (χ3v) is 3.71. The molecule has 0 radical (unpaired) electrons. The number of anilines is 1. The molecule has 0 spiro atoms. The monoisotopic (exact) mass is 368 g/mol. The smallest absolute Gasteiger partial charge is 0.236 e. The number of aliphatic hydroxyl groups excluding tert-OH is 2. The Morgan fingerprint density at radius 1 is 1.07 bits per heavy atom. The van der Waals surface area contributed by atoms with Crippen molar-refractivity contribution in [3.8, 4) is 5.75 Å². The maximum atomic E-state index is 9.59. The fourth-order valence-electron chi connectivity index (χ4n) is 2.40. The molecule has 0 saturated carbocycles. The zero-order valence-electron chi connectivity index (χ0n) is 14.4. The van der Waals surface area contributed by atoms with Crippen LogP contribution in [0.1, 0.15) is 0 Å². The average molecular weight is 368 g/mol. The normalized spacial score (nSPS) is 16.0. The quantitative estimate of drug-likeness (QED) is 0.469. The number of benzene rings is 2. The summed E-state index contributed by atoms with van der Waals surface area (Å²) in [5, 5.41) is 32.7. The third-order valence-electron chi connectivity index (χ3n) is 3.71. The summed E-state index contributed by atoms with van der Waals surface area (Å²) in [5.41, 5.74) is 12.9. The molecular weight excluding hydrogens is 348 g/mol. The van der Waals surface area contributed by atoms with Crippen molar-refractivity contribution in [2.24, 2.45) is 21.6 Å². The van der Waals surface area contributed by atoms with Gasteiger partial charge in [0.05, 0.1) is 18.0 Å². The number of ether oxygens (including phenoxy) is 1. The molecule has 1 aliphatic rings. The second kappa shape index (κ2) is 7.64. The van der Waals surface area contributed by atoms with Gasteiger partial charge in [-0.15, -0.1) is 0 Å². The molecule has 9 heteroatoms. The van der Waals surface area contributed by atoms with Crippen LogP contribution in [-0.2, 0) is 0 Å². The molecule has 0 saturated heterocycles. The van der Waals surface area contributed by atoms with Crippen LogP contribution in [0.2, 0.25) is 0 Å². The first kappa shape index (κ1) is 18.7. The summed E-state index contributed by atoms with van der Waals surface area (Å²) in [6, 6.07) is 15.6. The molecule has 0 aromatic heterocycles. The second-order valence-electron chi connectivity index (χ2n) is 5.87. The first-order valence-electron chi connectivity index (χ1n) is 8.13. The van der Waals surface area contributed by atoms with Crippen molar-refractivity contribution in [2.75, 3.05) is 18.2 Å². The first-order valence-corrected chi connectivity index (χ1v) is 8.13. The highest BCUT2D eigenvalue weighted by Crippen LogP contribution is 2.23. The summed E-state index contributed by atoms with van der Waals surface area (Å²) in [7, 11) is 0. The minimum absolute atomic E-state index is 0.0637. The summed E-state index contributed by atoms with van der Waals surface area (Å²) in [6.45, 7) is -0.884. The predicted octanol–water partition coefficient (Wildman–Crippen LogP) is 0.547. The highest BCUT2D eigenvalue weighted by molar-refractivity contribution is 6.72. The molecule has 3 rings (SSSR count). The molecule has 140 valence electrons. The number of hydrogen-bond acceptors (Lipinski definition) is 8. The molecule has 0 unspecified atom stereocenters. The molecule has 0 atom stereocenters. The predicted molar refractivity (Wildman–Crippen MR) is 104 cm³/mol. The van der Waals surface area contributed by atoms with E-state index in [0.29, 0.717) is 22.8 Å². The van der Waals surface area contributed by atoms with Gasteiger partial charge in [0.15, 0.2) is 5.84 Å². The standard InChI is InChI=1S/C18H20N6O3/c19-17-16(15(10-25)23-24(17)13-4-2-1-3-5-13)22-12-6-8-14(9-7-12)27-18(20,21)11-26/h1-9,19,25-26H,10-11,20-21H2. The number of nitrogens with two attached hydrogens (primary N) is 2. The van der Waals surface area contributed by atoms with E-state index in [1.165, 1.54) is 5.01 Å². The van der Waals surface area contributed by atoms with Crippen LogP contribution in [0.5, 0.6) is 5.75 Å². The van der Waals surface area contributed by atoms with E-state index in [9.17, 15) is 5.11 Å². The van der Waals surface area contributed by atoms with Crippen LogP contribution in [0, 0.1) is 5.41 Å². The van der Waals surface area contributed by atoms with Gasteiger partial charge in [-0.05, 0) is 36.4 Å². The van der Waals surface area contributed by atoms with Crippen LogP contribution in [-0.4, -0.2) is 46.5 Å². The van der Waals surface area contributed by atoms with Gasteiger partial charge in [-0.3, -0.25) is 16.9 Å². The van der Waals surface area contributed by atoms with E-state index in [1.807, 2.05) is 30.3 Å². The molecule has 0 fully saturated rings. The van der Waals surface area contributed by atoms with Crippen molar-refractivity contribution in [2.45, 2.75) is 5.85 Å². The van der Waals surface area contributed by atoms with Gasteiger partial charge in [0, 0.05) is 0 Å². The van der Waals surface area contributed by atoms with Gasteiger partial charge in [-0.25, -0.2) is 10.0 Å². The van der Waals surface area contributed by atoms with Crippen LogP contribution in [0.25, 0.3) is 0 Å². The lowest BCUT2D eigenvalue weighted by molar-refractivity contribution is 0.0198. The lowest BCUT2D eigenvalue weighted by Gasteiger charge is -2.23. The molecule has 2 aromatic rings. The van der Waals surface area contributed by atoms with E-state index in [4.69, 9.17) is 26.7 Å². The maximum absolute atomic E-state index is 9.59. The van der Waals surface area contributed by atoms with Crippen LogP contribution < -0.4 is 21.2 Å². The Bertz CT molecular complexity index is 878. The minimum Gasteiger partial charge on any atom is -0.458 e. The van der Waals surface area contributed by atoms with Crippen LogP contribution in [0.3, 0.4) is 0 Å². The molecule has 27 heavy (non-hydrogen) atoms. The number of hydrazone groups is 1. The van der Waals surface area contributed by atoms with Crippen molar-refractivity contribution in [1.29, 1.82) is 5.41 Å². The Labute approximate surface area is 155 Å². The number of nitrogens with zero attached hydrogens (tertiary/aromatic N) is 3. The lowest BCUT2D eigenvalue weighted by Crippen LogP contribution is -2.57. The third kappa shape index (κ3) is 4.18. The van der Waals surface area contributed by atoms with Crippen molar-refractivity contribution >= 4 is 28.6 Å². The molecule has 7 N–H and O–H groups in total. The highest BCUT2D eigenvalue weighted by atomic mass is 16.5. The van der Waals surface area contributed by atoms with Gasteiger partial charge in [0.2, 0.25) is 5.85 Å². The van der Waals surface area contributed by atoms with Gasteiger partial charge in [-0.1, -0.05) is 18.2 Å². The van der Waals surface area contributed by atoms with E-state index in [2.05, 4.69) is 10.1 Å². The van der Waals surface area contributed by atoms with Gasteiger partial charge in [0.1, 0.15) is 23.8 Å². The molecular formula is C18H20N6O3. The molecule has 0 aliphatic carbocycles. The van der Waals surface area contributed by atoms with Gasteiger partial charge < -0.3 is 14.9 Å².